The molecule has 0 nitrogen and oxygen atoms in total. The highest BCUT2D eigenvalue weighted by Gasteiger charge is 1.93. The Kier molecular flexibility index (Phi) is 6.37. The van der Waals surface area contributed by atoms with Gasteiger partial charge < -0.3 is 0 Å². The van der Waals surface area contributed by atoms with Gasteiger partial charge in [0, 0.05) is 9.79 Å². The highest BCUT2D eigenvalue weighted by molar-refractivity contribution is 7.99. The second-order valence-corrected chi connectivity index (χ2v) is 5.49. The predicted octanol–water partition coefficient (Wildman–Crippen LogP) is 6.17. The van der Waals surface area contributed by atoms with Gasteiger partial charge in [0.1, 0.15) is 0 Å². The van der Waals surface area contributed by atoms with Gasteiger partial charge in [-0.05, 0) is 29.8 Å². The molecule has 0 fully saturated rings. The van der Waals surface area contributed by atoms with Crippen LogP contribution in [0.1, 0.15) is 5.56 Å². The van der Waals surface area contributed by atoms with E-state index < -0.39 is 0 Å². The summed E-state index contributed by atoms with van der Waals surface area (Å²) >= 11 is 1.79. The van der Waals surface area contributed by atoms with Gasteiger partial charge in [0.2, 0.25) is 0 Å². The molecule has 21 heavy (non-hydrogen) atoms. The van der Waals surface area contributed by atoms with Crippen molar-refractivity contribution in [1.82, 2.24) is 0 Å². The molecule has 104 valence electrons. The summed E-state index contributed by atoms with van der Waals surface area (Å²) in [5.74, 6) is 0. The topological polar surface area (TPSA) is 0 Å². The van der Waals surface area contributed by atoms with Gasteiger partial charge in [-0.25, -0.2) is 0 Å². The quantitative estimate of drug-likeness (QED) is 0.556. The van der Waals surface area contributed by atoms with Crippen molar-refractivity contribution in [3.05, 3.63) is 103 Å². The Labute approximate surface area is 131 Å². The van der Waals surface area contributed by atoms with Crippen LogP contribution in [-0.2, 0) is 0 Å². The summed E-state index contributed by atoms with van der Waals surface area (Å²) in [6.07, 6.45) is 1.83. The van der Waals surface area contributed by atoms with E-state index in [0.29, 0.717) is 0 Å². The molecule has 3 rings (SSSR count). The molecule has 0 spiro atoms. The maximum Gasteiger partial charge on any atom is 0.0122 e. The normalized spacial score (nSPS) is 9.33. The van der Waals surface area contributed by atoms with Crippen molar-refractivity contribution in [2.24, 2.45) is 0 Å². The van der Waals surface area contributed by atoms with E-state index in [2.05, 4.69) is 55.1 Å². The van der Waals surface area contributed by atoms with Gasteiger partial charge >= 0.3 is 0 Å². The molecule has 0 unspecified atom stereocenters. The van der Waals surface area contributed by atoms with Crippen molar-refractivity contribution in [2.75, 3.05) is 0 Å². The number of benzene rings is 3. The zero-order chi connectivity index (χ0) is 14.8. The van der Waals surface area contributed by atoms with Crippen molar-refractivity contribution < 1.29 is 0 Å². The summed E-state index contributed by atoms with van der Waals surface area (Å²) in [6.45, 7) is 3.63. The average molecular weight is 290 g/mol. The molecule has 0 atom stereocenters. The van der Waals surface area contributed by atoms with E-state index in [1.807, 2.05) is 48.5 Å². The second-order valence-electron chi connectivity index (χ2n) is 4.34. The van der Waals surface area contributed by atoms with Gasteiger partial charge in [0.05, 0.1) is 0 Å². The van der Waals surface area contributed by atoms with Crippen LogP contribution in [0.2, 0.25) is 0 Å². The zero-order valence-electron chi connectivity index (χ0n) is 11.9. The lowest BCUT2D eigenvalue weighted by Crippen LogP contribution is -1.70. The highest BCUT2D eigenvalue weighted by Crippen LogP contribution is 2.26. The van der Waals surface area contributed by atoms with E-state index in [-0.39, 0.29) is 0 Å². The molecule has 0 radical (unpaired) electrons. The molecule has 0 amide bonds. The molecular formula is C20H18S. The first kappa shape index (κ1) is 15.1. The lowest BCUT2D eigenvalue weighted by Gasteiger charge is -1.99. The Balaban J connectivity index is 0.000000173. The summed E-state index contributed by atoms with van der Waals surface area (Å²) in [4.78, 5) is 2.57. The largest absolute Gasteiger partial charge is 0.0985 e. The monoisotopic (exact) mass is 290 g/mol. The Morgan fingerprint density at radius 3 is 1.29 bits per heavy atom. The van der Waals surface area contributed by atoms with Gasteiger partial charge in [0.25, 0.3) is 0 Å². The van der Waals surface area contributed by atoms with Gasteiger partial charge in [-0.1, -0.05) is 91.1 Å². The minimum atomic E-state index is 1.17. The van der Waals surface area contributed by atoms with Crippen LogP contribution in [0, 0.1) is 0 Å². The third-order valence-electron chi connectivity index (χ3n) is 2.76. The summed E-state index contributed by atoms with van der Waals surface area (Å²) < 4.78 is 0. The molecule has 0 aromatic heterocycles. The lowest BCUT2D eigenvalue weighted by atomic mass is 10.2. The van der Waals surface area contributed by atoms with Crippen molar-refractivity contribution in [3.63, 3.8) is 0 Å². The van der Waals surface area contributed by atoms with Gasteiger partial charge in [-0.3, -0.25) is 0 Å². The number of hydrogen-bond acceptors (Lipinski definition) is 1. The standard InChI is InChI=1S/C12H10S.C8H8/c1-3-7-11(8-4-1)13-12-9-5-2-6-10-12;1-2-8-6-4-3-5-7-8/h1-10H;2-7H,1H2. The molecule has 0 aliphatic heterocycles. The molecule has 0 heterocycles. The van der Waals surface area contributed by atoms with Crippen LogP contribution in [0.3, 0.4) is 0 Å². The van der Waals surface area contributed by atoms with Crippen molar-refractivity contribution in [2.45, 2.75) is 9.79 Å². The fourth-order valence-electron chi connectivity index (χ4n) is 1.70. The molecule has 0 bridgehead atoms. The molecule has 0 aliphatic rings. The van der Waals surface area contributed by atoms with Crippen LogP contribution < -0.4 is 0 Å². The average Bonchev–Trinajstić information content (AvgIpc) is 2.58. The minimum absolute atomic E-state index is 1.17. The van der Waals surface area contributed by atoms with E-state index in [4.69, 9.17) is 0 Å². The van der Waals surface area contributed by atoms with Crippen LogP contribution in [0.5, 0.6) is 0 Å². The van der Waals surface area contributed by atoms with Crippen LogP contribution >= 0.6 is 11.8 Å². The zero-order valence-corrected chi connectivity index (χ0v) is 12.7. The first-order chi connectivity index (χ1) is 10.4. The molecule has 0 N–H and O–H groups in total. The van der Waals surface area contributed by atoms with Crippen LogP contribution in [-0.4, -0.2) is 0 Å². The Morgan fingerprint density at radius 2 is 0.952 bits per heavy atom. The van der Waals surface area contributed by atoms with Crippen LogP contribution in [0.25, 0.3) is 6.08 Å². The fraction of sp³-hybridized carbons (Fsp3) is 0. The van der Waals surface area contributed by atoms with E-state index in [1.165, 1.54) is 15.4 Å². The van der Waals surface area contributed by atoms with E-state index in [0.717, 1.165) is 0 Å². The number of hydrogen-bond donors (Lipinski definition) is 0. The smallest absolute Gasteiger partial charge is 0.0122 e. The Morgan fingerprint density at radius 1 is 0.571 bits per heavy atom. The molecule has 3 aromatic rings. The molecule has 0 saturated carbocycles. The van der Waals surface area contributed by atoms with Gasteiger partial charge in [-0.15, -0.1) is 0 Å². The summed E-state index contributed by atoms with van der Waals surface area (Å²) in [5, 5.41) is 0. The highest BCUT2D eigenvalue weighted by atomic mass is 32.2. The van der Waals surface area contributed by atoms with E-state index in [9.17, 15) is 0 Å². The first-order valence-corrected chi connectivity index (χ1v) is 7.65. The SMILES string of the molecule is C=Cc1ccccc1.c1ccc(Sc2ccccc2)cc1. The summed E-state index contributed by atoms with van der Waals surface area (Å²) in [6, 6.07) is 30.8. The van der Waals surface area contributed by atoms with Crippen molar-refractivity contribution in [1.29, 1.82) is 0 Å². The molecule has 3 aromatic carbocycles. The summed E-state index contributed by atoms with van der Waals surface area (Å²) in [7, 11) is 0. The minimum Gasteiger partial charge on any atom is -0.0985 e. The maximum absolute atomic E-state index is 3.63. The molecule has 0 saturated heterocycles. The van der Waals surface area contributed by atoms with Crippen LogP contribution in [0.4, 0.5) is 0 Å². The fourth-order valence-corrected chi connectivity index (χ4v) is 2.56. The van der Waals surface area contributed by atoms with Crippen molar-refractivity contribution in [3.8, 4) is 0 Å². The predicted molar refractivity (Wildman–Crippen MR) is 93.5 cm³/mol. The molecular weight excluding hydrogens is 272 g/mol. The first-order valence-electron chi connectivity index (χ1n) is 6.84. The number of rotatable bonds is 3. The Bertz CT molecular complexity index is 593. The van der Waals surface area contributed by atoms with E-state index in [1.54, 1.807) is 11.8 Å². The Hall–Kier alpha value is -2.25. The third kappa shape index (κ3) is 5.72. The molecule has 1 heteroatoms. The molecule has 0 aliphatic carbocycles. The van der Waals surface area contributed by atoms with Crippen molar-refractivity contribution >= 4 is 17.8 Å². The maximum atomic E-state index is 3.63. The third-order valence-corrected chi connectivity index (χ3v) is 3.77. The van der Waals surface area contributed by atoms with Gasteiger partial charge in [-0.2, -0.15) is 0 Å². The van der Waals surface area contributed by atoms with E-state index >= 15 is 0 Å². The second kappa shape index (κ2) is 8.83. The van der Waals surface area contributed by atoms with Gasteiger partial charge in [0.15, 0.2) is 0 Å². The van der Waals surface area contributed by atoms with Crippen LogP contribution in [0.15, 0.2) is 107 Å². The lowest BCUT2D eigenvalue weighted by molar-refractivity contribution is 1.41. The summed E-state index contributed by atoms with van der Waals surface area (Å²) in [5.41, 5.74) is 1.17.